The second kappa shape index (κ2) is 4.92. The Labute approximate surface area is 82.7 Å². The summed E-state index contributed by atoms with van der Waals surface area (Å²) in [7, 11) is 0. The molecule has 0 aliphatic rings. The fourth-order valence-electron chi connectivity index (χ4n) is 1.12. The van der Waals surface area contributed by atoms with Crippen molar-refractivity contribution in [3.8, 4) is 0 Å². The predicted molar refractivity (Wildman–Crippen MR) is 57.0 cm³/mol. The molecule has 0 saturated carbocycles. The molecule has 0 spiro atoms. The van der Waals surface area contributed by atoms with E-state index in [0.29, 0.717) is 0 Å². The van der Waals surface area contributed by atoms with Gasteiger partial charge in [-0.2, -0.15) is 0 Å². The highest BCUT2D eigenvalue weighted by atomic mass is 32.2. The van der Waals surface area contributed by atoms with E-state index in [1.807, 2.05) is 13.0 Å². The minimum Gasteiger partial charge on any atom is -0.411 e. The van der Waals surface area contributed by atoms with Crippen LogP contribution in [0, 0.1) is 6.92 Å². The molecular formula is C10H13NOS. The lowest BCUT2D eigenvalue weighted by Gasteiger charge is -2.03. The van der Waals surface area contributed by atoms with Crippen LogP contribution in [0.1, 0.15) is 18.1 Å². The summed E-state index contributed by atoms with van der Waals surface area (Å²) in [6.07, 6.45) is 1.48. The Morgan fingerprint density at radius 1 is 1.54 bits per heavy atom. The van der Waals surface area contributed by atoms with Crippen molar-refractivity contribution in [1.29, 1.82) is 0 Å². The van der Waals surface area contributed by atoms with Gasteiger partial charge in [0.1, 0.15) is 0 Å². The lowest BCUT2D eigenvalue weighted by atomic mass is 10.1. The molecule has 0 unspecified atom stereocenters. The first-order valence-corrected chi connectivity index (χ1v) is 5.17. The van der Waals surface area contributed by atoms with Gasteiger partial charge < -0.3 is 5.21 Å². The molecule has 0 atom stereocenters. The Bertz CT molecular complexity index is 310. The summed E-state index contributed by atoms with van der Waals surface area (Å²) in [4.78, 5) is 1.16. The molecule has 1 N–H and O–H groups in total. The number of oxime groups is 1. The van der Waals surface area contributed by atoms with Gasteiger partial charge in [-0.1, -0.05) is 23.7 Å². The van der Waals surface area contributed by atoms with Gasteiger partial charge in [0.15, 0.2) is 0 Å². The summed E-state index contributed by atoms with van der Waals surface area (Å²) >= 11 is 1.75. The predicted octanol–water partition coefficient (Wildman–Crippen LogP) is 2.92. The summed E-state index contributed by atoms with van der Waals surface area (Å²) in [5.74, 6) is 1.02. The van der Waals surface area contributed by atoms with Crippen LogP contribution < -0.4 is 0 Å². The lowest BCUT2D eigenvalue weighted by Crippen LogP contribution is -1.87. The number of thioether (sulfide) groups is 1. The van der Waals surface area contributed by atoms with Gasteiger partial charge in [-0.05, 0) is 24.8 Å². The molecule has 0 saturated heterocycles. The van der Waals surface area contributed by atoms with Crippen LogP contribution in [-0.4, -0.2) is 17.2 Å². The summed E-state index contributed by atoms with van der Waals surface area (Å²) < 4.78 is 0. The fraction of sp³-hybridized carbons (Fsp3) is 0.300. The summed E-state index contributed by atoms with van der Waals surface area (Å²) in [6, 6.07) is 6.13. The molecule has 0 bridgehead atoms. The van der Waals surface area contributed by atoms with E-state index < -0.39 is 0 Å². The third-order valence-corrected chi connectivity index (χ3v) is 2.63. The first-order chi connectivity index (χ1) is 6.27. The molecule has 0 aliphatic heterocycles. The Kier molecular flexibility index (Phi) is 3.83. The van der Waals surface area contributed by atoms with E-state index >= 15 is 0 Å². The molecule has 0 amide bonds. The van der Waals surface area contributed by atoms with Crippen molar-refractivity contribution in [2.45, 2.75) is 18.7 Å². The van der Waals surface area contributed by atoms with E-state index in [2.05, 4.69) is 24.2 Å². The molecule has 70 valence electrons. The maximum atomic E-state index is 8.46. The Balaban J connectivity index is 3.03. The molecule has 1 aromatic rings. The Morgan fingerprint density at radius 2 is 2.31 bits per heavy atom. The molecule has 2 nitrogen and oxygen atoms in total. The molecule has 1 aromatic carbocycles. The van der Waals surface area contributed by atoms with E-state index in [9.17, 15) is 0 Å². The van der Waals surface area contributed by atoms with Crippen LogP contribution in [0.15, 0.2) is 28.3 Å². The van der Waals surface area contributed by atoms with Gasteiger partial charge in [0.05, 0.1) is 6.21 Å². The van der Waals surface area contributed by atoms with Crippen LogP contribution in [0.2, 0.25) is 0 Å². The highest BCUT2D eigenvalue weighted by Gasteiger charge is 1.99. The standard InChI is InChI=1S/C10H13NOS/c1-3-13-10-5-4-8(2)6-9(10)7-11-12/h4-7,12H,3H2,1-2H3. The normalized spacial score (nSPS) is 10.9. The molecule has 0 aliphatic carbocycles. The van der Waals surface area contributed by atoms with Crippen LogP contribution in [-0.2, 0) is 0 Å². The average molecular weight is 195 g/mol. The Morgan fingerprint density at radius 3 is 2.92 bits per heavy atom. The quantitative estimate of drug-likeness (QED) is 0.348. The van der Waals surface area contributed by atoms with Crippen LogP contribution in [0.4, 0.5) is 0 Å². The van der Waals surface area contributed by atoms with Crippen LogP contribution in [0.25, 0.3) is 0 Å². The van der Waals surface area contributed by atoms with Crippen molar-refractivity contribution in [2.75, 3.05) is 5.75 Å². The SMILES string of the molecule is CCSc1ccc(C)cc1C=NO. The number of benzene rings is 1. The maximum Gasteiger partial charge on any atom is 0.0745 e. The van der Waals surface area contributed by atoms with Gasteiger partial charge >= 0.3 is 0 Å². The van der Waals surface area contributed by atoms with Gasteiger partial charge in [0.2, 0.25) is 0 Å². The largest absolute Gasteiger partial charge is 0.411 e. The topological polar surface area (TPSA) is 32.6 Å². The molecule has 0 heterocycles. The van der Waals surface area contributed by atoms with Gasteiger partial charge in [0, 0.05) is 10.5 Å². The number of rotatable bonds is 3. The van der Waals surface area contributed by atoms with Crippen molar-refractivity contribution in [3.05, 3.63) is 29.3 Å². The van der Waals surface area contributed by atoms with Crippen molar-refractivity contribution >= 4 is 18.0 Å². The van der Waals surface area contributed by atoms with E-state index in [0.717, 1.165) is 16.2 Å². The molecule has 1 rings (SSSR count). The van der Waals surface area contributed by atoms with E-state index in [4.69, 9.17) is 5.21 Å². The van der Waals surface area contributed by atoms with Gasteiger partial charge in [-0.3, -0.25) is 0 Å². The third-order valence-electron chi connectivity index (χ3n) is 1.66. The highest BCUT2D eigenvalue weighted by molar-refractivity contribution is 7.99. The fourth-order valence-corrected chi connectivity index (χ4v) is 1.87. The Hall–Kier alpha value is -0.960. The second-order valence-corrected chi connectivity index (χ2v) is 4.02. The molecule has 13 heavy (non-hydrogen) atoms. The van der Waals surface area contributed by atoms with Crippen molar-refractivity contribution in [2.24, 2.45) is 5.16 Å². The summed E-state index contributed by atoms with van der Waals surface area (Å²) in [5, 5.41) is 11.5. The second-order valence-electron chi connectivity index (χ2n) is 2.72. The smallest absolute Gasteiger partial charge is 0.0745 e. The molecule has 0 radical (unpaired) electrons. The lowest BCUT2D eigenvalue weighted by molar-refractivity contribution is 0.322. The van der Waals surface area contributed by atoms with Crippen LogP contribution in [0.3, 0.4) is 0 Å². The van der Waals surface area contributed by atoms with Gasteiger partial charge in [-0.15, -0.1) is 11.8 Å². The number of hydrogen-bond acceptors (Lipinski definition) is 3. The van der Waals surface area contributed by atoms with Crippen molar-refractivity contribution in [3.63, 3.8) is 0 Å². The maximum absolute atomic E-state index is 8.46. The van der Waals surface area contributed by atoms with Crippen molar-refractivity contribution in [1.82, 2.24) is 0 Å². The molecule has 0 aromatic heterocycles. The molecular weight excluding hydrogens is 182 g/mol. The van der Waals surface area contributed by atoms with Crippen LogP contribution in [0.5, 0.6) is 0 Å². The summed E-state index contributed by atoms with van der Waals surface area (Å²) in [5.41, 5.74) is 2.16. The monoisotopic (exact) mass is 195 g/mol. The van der Waals surface area contributed by atoms with E-state index in [1.54, 1.807) is 11.8 Å². The number of hydrogen-bond donors (Lipinski definition) is 1. The molecule has 3 heteroatoms. The average Bonchev–Trinajstić information content (AvgIpc) is 2.10. The number of nitrogens with zero attached hydrogens (tertiary/aromatic N) is 1. The van der Waals surface area contributed by atoms with Crippen molar-refractivity contribution < 1.29 is 5.21 Å². The van der Waals surface area contributed by atoms with Gasteiger partial charge in [-0.25, -0.2) is 0 Å². The zero-order valence-electron chi connectivity index (χ0n) is 7.82. The minimum atomic E-state index is 0.981. The minimum absolute atomic E-state index is 0.981. The zero-order chi connectivity index (χ0) is 9.68. The molecule has 0 fully saturated rings. The third kappa shape index (κ3) is 2.77. The highest BCUT2D eigenvalue weighted by Crippen LogP contribution is 2.22. The van der Waals surface area contributed by atoms with E-state index in [1.165, 1.54) is 11.8 Å². The first kappa shape index (κ1) is 10.1. The first-order valence-electron chi connectivity index (χ1n) is 4.18. The zero-order valence-corrected chi connectivity index (χ0v) is 8.64. The summed E-state index contributed by atoms with van der Waals surface area (Å²) in [6.45, 7) is 4.12. The number of aryl methyl sites for hydroxylation is 1. The van der Waals surface area contributed by atoms with E-state index in [-0.39, 0.29) is 0 Å². The van der Waals surface area contributed by atoms with Crippen LogP contribution >= 0.6 is 11.8 Å². The van der Waals surface area contributed by atoms with Gasteiger partial charge in [0.25, 0.3) is 0 Å².